The second-order valence-corrected chi connectivity index (χ2v) is 32.2. The van der Waals surface area contributed by atoms with Crippen LogP contribution in [0.3, 0.4) is 0 Å². The smallest absolute Gasteiger partial charge is 0.147 e. The molecule has 0 unspecified atom stereocenters. The van der Waals surface area contributed by atoms with E-state index in [4.69, 9.17) is 0 Å². The fraction of sp³-hybridized carbons (Fsp3) is 0.302. The van der Waals surface area contributed by atoms with Gasteiger partial charge in [-0.05, 0) is 76.3 Å². The molecule has 0 saturated heterocycles. The molecule has 6 heteroatoms. The standard InChI is InChI=1S/C29H41.C17H17.2C15H14.2C5H5.4ClH.2Hf/c1-26(2,3)22-14-18-13-19-15-23(27(4,5)6)25(29(10,11)12)17-21(19)20(18)16-24(22)28(7,8)9;1-10-5-14-9-15-6-11(2)13(4)8-17(15)16(14)7-12(10)3;2*1-12-3-7-14(8-4-12)11-15-9-5-13(2)6-10-15;2*1-2-4-5-3-1;;;;;;/h14,16-17H,13H2,1-12H3;5,7-8H,9H2,1-4H3;2*3-10H,1-2H3;2*1-5H;4*1H;;/q2*-1;;;2*-1;;;;;2*+2. The van der Waals surface area contributed by atoms with Gasteiger partial charge in [0.05, 0.1) is 0 Å². The van der Waals surface area contributed by atoms with E-state index < -0.39 is 0 Å². The Hall–Kier alpha value is -4.90. The molecule has 0 heterocycles. The molecule has 10 aromatic rings. The van der Waals surface area contributed by atoms with Crippen molar-refractivity contribution in [2.45, 2.75) is 173 Å². The topological polar surface area (TPSA) is 0 Å². The monoisotopic (exact) mass is 1630 g/mol. The Kier molecular flexibility index (Phi) is 31.1. The number of rotatable bonds is 4. The predicted octanol–water partition coefficient (Wildman–Crippen LogP) is 23.9. The molecule has 0 fully saturated rings. The first-order valence-electron chi connectivity index (χ1n) is 31.5. The van der Waals surface area contributed by atoms with Crippen LogP contribution < -0.4 is 0 Å². The molecular weight excluding hydrogens is 1530 g/mol. The van der Waals surface area contributed by atoms with Crippen molar-refractivity contribution in [1.82, 2.24) is 0 Å². The molecule has 0 aromatic heterocycles. The van der Waals surface area contributed by atoms with Crippen molar-refractivity contribution in [3.63, 3.8) is 0 Å². The number of fused-ring (bicyclic) bond motifs is 6. The minimum atomic E-state index is 0. The number of hydrogen-bond acceptors (Lipinski definition) is 0. The molecule has 0 N–H and O–H groups in total. The van der Waals surface area contributed by atoms with Crippen LogP contribution in [0.15, 0.2) is 194 Å². The summed E-state index contributed by atoms with van der Waals surface area (Å²) >= 11 is 2.15. The molecule has 2 aliphatic carbocycles. The van der Waals surface area contributed by atoms with Gasteiger partial charge in [-0.1, -0.05) is 138 Å². The number of aryl methyl sites for hydroxylation is 8. The number of halogens is 4. The van der Waals surface area contributed by atoms with Gasteiger partial charge < -0.3 is 0 Å². The Morgan fingerprint density at radius 2 is 0.630 bits per heavy atom. The Morgan fingerprint density at radius 3 is 0.967 bits per heavy atom. The normalized spacial score (nSPS) is 11.4. The van der Waals surface area contributed by atoms with Gasteiger partial charge in [0.25, 0.3) is 0 Å². The van der Waals surface area contributed by atoms with E-state index in [1.54, 1.807) is 0 Å². The van der Waals surface area contributed by atoms with E-state index >= 15 is 0 Å². The van der Waals surface area contributed by atoms with E-state index in [0.29, 0.717) is 0 Å². The molecule has 0 spiro atoms. The minimum absolute atomic E-state index is 0. The second kappa shape index (κ2) is 35.2. The third kappa shape index (κ3) is 22.1. The summed E-state index contributed by atoms with van der Waals surface area (Å²) in [5.74, 6) is 0. The van der Waals surface area contributed by atoms with Gasteiger partial charge in [0, 0.05) is 0 Å². The Bertz CT molecular complexity index is 3560. The van der Waals surface area contributed by atoms with Crippen LogP contribution in [0.5, 0.6) is 0 Å². The third-order valence-electron chi connectivity index (χ3n) is 16.7. The summed E-state index contributed by atoms with van der Waals surface area (Å²) in [7, 11) is 0. The quantitative estimate of drug-likeness (QED) is 0.122. The van der Waals surface area contributed by atoms with Crippen LogP contribution in [0.2, 0.25) is 0 Å². The Balaban J connectivity index is 0.000000307. The predicted molar refractivity (Wildman–Crippen MR) is 405 cm³/mol. The summed E-state index contributed by atoms with van der Waals surface area (Å²) in [6.07, 6.45) is 2.05. The molecule has 0 bridgehead atoms. The third-order valence-corrected chi connectivity index (χ3v) is 20.8. The maximum Gasteiger partial charge on any atom is -0.147 e. The molecule has 480 valence electrons. The summed E-state index contributed by atoms with van der Waals surface area (Å²) in [6, 6.07) is 77.1. The van der Waals surface area contributed by atoms with Crippen molar-refractivity contribution in [1.29, 1.82) is 0 Å². The van der Waals surface area contributed by atoms with Gasteiger partial charge in [0.2, 0.25) is 0 Å². The average molecular weight is 1630 g/mol. The molecule has 2 aliphatic rings. The maximum atomic E-state index is 3.90. The summed E-state index contributed by atoms with van der Waals surface area (Å²) in [5, 5.41) is 0. The van der Waals surface area contributed by atoms with Gasteiger partial charge >= 0.3 is 224 Å². The van der Waals surface area contributed by atoms with Crippen LogP contribution in [0.25, 0.3) is 22.3 Å². The van der Waals surface area contributed by atoms with Gasteiger partial charge in [-0.15, -0.1) is 77.4 Å². The van der Waals surface area contributed by atoms with Gasteiger partial charge in [-0.2, -0.15) is 77.4 Å². The van der Waals surface area contributed by atoms with E-state index in [9.17, 15) is 0 Å². The van der Waals surface area contributed by atoms with Gasteiger partial charge in [-0.25, -0.2) is 24.3 Å². The first kappa shape index (κ1) is 81.3. The van der Waals surface area contributed by atoms with Crippen LogP contribution >= 0.6 is 49.6 Å². The summed E-state index contributed by atoms with van der Waals surface area (Å²) in [4.78, 5) is 0. The van der Waals surface area contributed by atoms with E-state index in [0.717, 1.165) is 60.6 Å². The van der Waals surface area contributed by atoms with Crippen molar-refractivity contribution in [3.8, 4) is 22.3 Å². The second-order valence-electron chi connectivity index (χ2n) is 28.6. The zero-order valence-corrected chi connectivity index (χ0v) is 69.0. The van der Waals surface area contributed by atoms with E-state index in [2.05, 4.69) is 284 Å². The maximum absolute atomic E-state index is 3.90. The molecule has 92 heavy (non-hydrogen) atoms. The van der Waals surface area contributed by atoms with Crippen LogP contribution in [-0.4, -0.2) is 6.51 Å². The Labute approximate surface area is 610 Å². The fourth-order valence-electron chi connectivity index (χ4n) is 11.1. The number of benzene rings is 8. The largest absolute Gasteiger partial charge is 0.214 e. The zero-order valence-electron chi connectivity index (χ0n) is 58.5. The Morgan fingerprint density at radius 1 is 0.337 bits per heavy atom. The van der Waals surface area contributed by atoms with E-state index in [1.165, 1.54) is 140 Å². The van der Waals surface area contributed by atoms with Crippen molar-refractivity contribution in [2.24, 2.45) is 0 Å². The van der Waals surface area contributed by atoms with Crippen LogP contribution in [0, 0.1) is 67.5 Å². The average Bonchev–Trinajstić information content (AvgIpc) is 1.55. The first-order chi connectivity index (χ1) is 41.3. The van der Waals surface area contributed by atoms with Gasteiger partial charge in [0.15, 0.2) is 0 Å². The van der Waals surface area contributed by atoms with Crippen molar-refractivity contribution < 1.29 is 47.8 Å². The van der Waals surface area contributed by atoms with Crippen molar-refractivity contribution in [3.05, 3.63) is 318 Å². The summed E-state index contributed by atoms with van der Waals surface area (Å²) in [6.45, 7) is 45.2. The van der Waals surface area contributed by atoms with Crippen molar-refractivity contribution in [2.75, 3.05) is 0 Å². The molecule has 10 aromatic carbocycles. The fourth-order valence-corrected chi connectivity index (χ4v) is 13.5. The molecule has 0 atom stereocenters. The molecular formula is C86H100Cl4Hf2. The zero-order chi connectivity index (χ0) is 64.5. The van der Waals surface area contributed by atoms with Crippen molar-refractivity contribution >= 4 is 56.1 Å². The number of hydrogen-bond donors (Lipinski definition) is 0. The first-order valence-corrected chi connectivity index (χ1v) is 35.1. The van der Waals surface area contributed by atoms with E-state index in [-0.39, 0.29) is 71.3 Å². The van der Waals surface area contributed by atoms with Crippen LogP contribution in [0.4, 0.5) is 0 Å². The summed E-state index contributed by atoms with van der Waals surface area (Å²) in [5.41, 5.74) is 33.7. The van der Waals surface area contributed by atoms with Crippen LogP contribution in [0.1, 0.15) is 194 Å². The molecule has 0 nitrogen and oxygen atoms in total. The van der Waals surface area contributed by atoms with Gasteiger partial charge in [-0.3, -0.25) is 0 Å². The molecule has 0 radical (unpaired) electrons. The minimum Gasteiger partial charge on any atom is -0.214 e. The molecule has 12 rings (SSSR count). The molecule has 0 saturated carbocycles. The molecule has 0 aliphatic heterocycles. The summed E-state index contributed by atoms with van der Waals surface area (Å²) < 4.78 is 2.94. The van der Waals surface area contributed by atoms with Crippen LogP contribution in [-0.2, 0) is 82.3 Å². The SMILES string of the molecule is CC(C)(C)c1[c-]c2c(cc1C(C)(C)C)-c1cc(C(C)(C)C)c(C(C)(C)C)cc1C2.Cc1[c-]c2c(cc1C)-c1cc(C)c(C)cc1C2.Cc1ccc([C](=[Hf+2])c2ccc(C)cc2)cc1.Cc1ccc([C](=[Hf+2])c2ccc(C)cc2)cc1.Cl.Cl.Cl.Cl.c1cc[cH-]c1.c1cc[cH-]c1. The van der Waals surface area contributed by atoms with Gasteiger partial charge in [0.1, 0.15) is 0 Å². The molecule has 0 amide bonds. The van der Waals surface area contributed by atoms with E-state index in [1.807, 2.05) is 60.7 Å².